The third kappa shape index (κ3) is 2.77. The van der Waals surface area contributed by atoms with Crippen LogP contribution in [0, 0.1) is 0 Å². The molecule has 1 aliphatic rings. The van der Waals surface area contributed by atoms with Crippen LogP contribution in [-0.4, -0.2) is 23.1 Å². The quantitative estimate of drug-likeness (QED) is 0.513. The van der Waals surface area contributed by atoms with Gasteiger partial charge in [0.1, 0.15) is 6.04 Å². The van der Waals surface area contributed by atoms with E-state index in [2.05, 4.69) is 10.6 Å². The van der Waals surface area contributed by atoms with Crippen LogP contribution in [0.1, 0.15) is 15.9 Å². The summed E-state index contributed by atoms with van der Waals surface area (Å²) in [6, 6.07) is 14.2. The highest BCUT2D eigenvalue weighted by molar-refractivity contribution is 6.05. The second-order valence-electron chi connectivity index (χ2n) is 5.08. The van der Waals surface area contributed by atoms with Crippen molar-refractivity contribution in [3.8, 4) is 0 Å². The summed E-state index contributed by atoms with van der Waals surface area (Å²) in [6.45, 7) is 0. The molecule has 0 aliphatic carbocycles. The van der Waals surface area contributed by atoms with E-state index in [1.54, 1.807) is 17.6 Å². The number of rotatable bonds is 3. The number of amides is 2. The largest absolute Gasteiger partial charge is 0.372 e. The van der Waals surface area contributed by atoms with Crippen LogP contribution in [0.2, 0.25) is 0 Å². The summed E-state index contributed by atoms with van der Waals surface area (Å²) in [5.41, 5.74) is 4.17. The van der Waals surface area contributed by atoms with E-state index in [0.29, 0.717) is 12.1 Å². The van der Waals surface area contributed by atoms with Gasteiger partial charge in [0.15, 0.2) is 0 Å². The van der Waals surface area contributed by atoms with Crippen LogP contribution in [-0.2, 0) is 11.2 Å². The Morgan fingerprint density at radius 3 is 2.64 bits per heavy atom. The van der Waals surface area contributed by atoms with Crippen LogP contribution in [0.4, 0.5) is 11.4 Å². The first-order valence-corrected chi connectivity index (χ1v) is 6.87. The van der Waals surface area contributed by atoms with Gasteiger partial charge in [0.05, 0.1) is 11.4 Å². The molecule has 0 saturated carbocycles. The third-order valence-electron chi connectivity index (χ3n) is 3.57. The molecular weight excluding hydrogens is 282 g/mol. The maximum Gasteiger partial charge on any atom is 0.274 e. The molecule has 4 N–H and O–H groups in total. The standard InChI is InChI=1S/C16H15N3O3/c20-15(19-22)11-6-7-12-13(9-11)18-16(21)14(17-12)8-10-4-2-1-3-5-10/h1-7,9,14,17,22H,8H2,(H,18,21)(H,19,20). The van der Waals surface area contributed by atoms with Crippen molar-refractivity contribution in [3.63, 3.8) is 0 Å². The molecule has 1 unspecified atom stereocenters. The van der Waals surface area contributed by atoms with E-state index < -0.39 is 5.91 Å². The summed E-state index contributed by atoms with van der Waals surface area (Å²) in [5, 5.41) is 14.6. The predicted molar refractivity (Wildman–Crippen MR) is 81.9 cm³/mol. The number of carbonyl (C=O) groups is 2. The summed E-state index contributed by atoms with van der Waals surface area (Å²) < 4.78 is 0. The van der Waals surface area contributed by atoms with Crippen LogP contribution in [0.15, 0.2) is 48.5 Å². The van der Waals surface area contributed by atoms with Crippen molar-refractivity contribution >= 4 is 23.2 Å². The molecule has 0 saturated heterocycles. The fourth-order valence-electron chi connectivity index (χ4n) is 2.45. The highest BCUT2D eigenvalue weighted by atomic mass is 16.5. The Kier molecular flexibility index (Phi) is 3.76. The van der Waals surface area contributed by atoms with Gasteiger partial charge in [-0.1, -0.05) is 30.3 Å². The summed E-state index contributed by atoms with van der Waals surface area (Å²) in [7, 11) is 0. The van der Waals surface area contributed by atoms with Gasteiger partial charge >= 0.3 is 0 Å². The summed E-state index contributed by atoms with van der Waals surface area (Å²) in [4.78, 5) is 23.6. The Morgan fingerprint density at radius 2 is 1.91 bits per heavy atom. The van der Waals surface area contributed by atoms with E-state index in [1.807, 2.05) is 30.3 Å². The summed E-state index contributed by atoms with van der Waals surface area (Å²) >= 11 is 0. The summed E-state index contributed by atoms with van der Waals surface area (Å²) in [6.07, 6.45) is 0.574. The van der Waals surface area contributed by atoms with Crippen LogP contribution >= 0.6 is 0 Å². The zero-order chi connectivity index (χ0) is 15.5. The molecule has 0 bridgehead atoms. The van der Waals surface area contributed by atoms with Gasteiger partial charge in [0.2, 0.25) is 5.91 Å². The minimum absolute atomic E-state index is 0.155. The van der Waals surface area contributed by atoms with Crippen molar-refractivity contribution in [3.05, 3.63) is 59.7 Å². The Bertz CT molecular complexity index is 716. The molecule has 1 aliphatic heterocycles. The zero-order valence-electron chi connectivity index (χ0n) is 11.7. The van der Waals surface area contributed by atoms with Gasteiger partial charge < -0.3 is 10.6 Å². The van der Waals surface area contributed by atoms with Crippen LogP contribution < -0.4 is 16.1 Å². The maximum absolute atomic E-state index is 12.2. The van der Waals surface area contributed by atoms with Crippen molar-refractivity contribution in [2.24, 2.45) is 0 Å². The lowest BCUT2D eigenvalue weighted by Gasteiger charge is -2.27. The molecule has 0 aromatic heterocycles. The number of carbonyl (C=O) groups excluding carboxylic acids is 2. The number of fused-ring (bicyclic) bond motifs is 1. The van der Waals surface area contributed by atoms with Gasteiger partial charge in [-0.25, -0.2) is 5.48 Å². The van der Waals surface area contributed by atoms with Crippen LogP contribution in [0.3, 0.4) is 0 Å². The Labute approximate surface area is 127 Å². The average molecular weight is 297 g/mol. The fourth-order valence-corrected chi connectivity index (χ4v) is 2.45. The zero-order valence-corrected chi connectivity index (χ0v) is 11.7. The first-order valence-electron chi connectivity index (χ1n) is 6.87. The molecule has 6 nitrogen and oxygen atoms in total. The molecule has 0 fully saturated rings. The van der Waals surface area contributed by atoms with Crippen LogP contribution in [0.5, 0.6) is 0 Å². The predicted octanol–water partition coefficient (Wildman–Crippen LogP) is 1.78. The number of nitrogens with one attached hydrogen (secondary N) is 3. The van der Waals surface area contributed by atoms with Gasteiger partial charge in [-0.3, -0.25) is 14.8 Å². The number of hydroxylamine groups is 1. The minimum atomic E-state index is -0.622. The average Bonchev–Trinajstić information content (AvgIpc) is 2.55. The fraction of sp³-hybridized carbons (Fsp3) is 0.125. The van der Waals surface area contributed by atoms with E-state index in [1.165, 1.54) is 6.07 Å². The molecule has 2 aromatic rings. The molecule has 22 heavy (non-hydrogen) atoms. The molecular formula is C16H15N3O3. The Morgan fingerprint density at radius 1 is 1.14 bits per heavy atom. The Hall–Kier alpha value is -2.86. The molecule has 0 spiro atoms. The highest BCUT2D eigenvalue weighted by Crippen LogP contribution is 2.28. The normalized spacial score (nSPS) is 16.2. The third-order valence-corrected chi connectivity index (χ3v) is 3.57. The number of benzene rings is 2. The van der Waals surface area contributed by atoms with Gasteiger partial charge in [-0.05, 0) is 23.8 Å². The van der Waals surface area contributed by atoms with E-state index in [9.17, 15) is 9.59 Å². The minimum Gasteiger partial charge on any atom is -0.372 e. The molecule has 1 atom stereocenters. The SMILES string of the molecule is O=C(NO)c1ccc2c(c1)NC(=O)C(Cc1ccccc1)N2. The first kappa shape index (κ1) is 14.1. The van der Waals surface area contributed by atoms with E-state index in [0.717, 1.165) is 11.3 Å². The topological polar surface area (TPSA) is 90.5 Å². The van der Waals surface area contributed by atoms with Crippen molar-refractivity contribution in [2.75, 3.05) is 10.6 Å². The molecule has 0 radical (unpaired) electrons. The van der Waals surface area contributed by atoms with E-state index in [4.69, 9.17) is 5.21 Å². The lowest BCUT2D eigenvalue weighted by atomic mass is 10.0. The molecule has 3 rings (SSSR count). The number of hydrogen-bond acceptors (Lipinski definition) is 4. The monoisotopic (exact) mass is 297 g/mol. The van der Waals surface area contributed by atoms with Gasteiger partial charge in [0, 0.05) is 12.0 Å². The van der Waals surface area contributed by atoms with Crippen molar-refractivity contribution in [2.45, 2.75) is 12.5 Å². The van der Waals surface area contributed by atoms with Crippen molar-refractivity contribution in [1.29, 1.82) is 0 Å². The molecule has 2 amide bonds. The van der Waals surface area contributed by atoms with Gasteiger partial charge in [0.25, 0.3) is 5.91 Å². The van der Waals surface area contributed by atoms with E-state index in [-0.39, 0.29) is 17.5 Å². The maximum atomic E-state index is 12.2. The second-order valence-corrected chi connectivity index (χ2v) is 5.08. The second kappa shape index (κ2) is 5.87. The molecule has 2 aromatic carbocycles. The smallest absolute Gasteiger partial charge is 0.274 e. The van der Waals surface area contributed by atoms with Crippen molar-refractivity contribution < 1.29 is 14.8 Å². The summed E-state index contributed by atoms with van der Waals surface area (Å²) in [5.74, 6) is -0.777. The number of anilines is 2. The molecule has 112 valence electrons. The lowest BCUT2D eigenvalue weighted by Crippen LogP contribution is -2.40. The Balaban J connectivity index is 1.81. The van der Waals surface area contributed by atoms with Gasteiger partial charge in [-0.15, -0.1) is 0 Å². The highest BCUT2D eigenvalue weighted by Gasteiger charge is 2.26. The van der Waals surface area contributed by atoms with E-state index >= 15 is 0 Å². The van der Waals surface area contributed by atoms with Gasteiger partial charge in [-0.2, -0.15) is 0 Å². The van der Waals surface area contributed by atoms with Crippen molar-refractivity contribution in [1.82, 2.24) is 5.48 Å². The first-order chi connectivity index (χ1) is 10.7. The number of hydrogen-bond donors (Lipinski definition) is 4. The molecule has 6 heteroatoms. The lowest BCUT2D eigenvalue weighted by molar-refractivity contribution is -0.117. The van der Waals surface area contributed by atoms with Crippen LogP contribution in [0.25, 0.3) is 0 Å². The molecule has 1 heterocycles.